The van der Waals surface area contributed by atoms with Gasteiger partial charge >= 0.3 is 17.9 Å². The molecule has 0 bridgehead atoms. The number of aromatic nitrogens is 1. The van der Waals surface area contributed by atoms with Crippen molar-refractivity contribution in [2.75, 3.05) is 78.5 Å². The first kappa shape index (κ1) is 26.3. The molecular weight excluding hydrogens is 434 g/mol. The minimum absolute atomic E-state index is 0.0734. The van der Waals surface area contributed by atoms with E-state index in [1.165, 1.54) is 6.20 Å². The molecule has 0 saturated carbocycles. The molecule has 12 heteroatoms. The Morgan fingerprint density at radius 2 is 1.00 bits per heavy atom. The van der Waals surface area contributed by atoms with Gasteiger partial charge in [-0.2, -0.15) is 0 Å². The van der Waals surface area contributed by atoms with E-state index in [2.05, 4.69) is 4.98 Å². The molecule has 0 aliphatic carbocycles. The summed E-state index contributed by atoms with van der Waals surface area (Å²) in [4.78, 5) is 57.6. The minimum atomic E-state index is -1.00. The van der Waals surface area contributed by atoms with Crippen LogP contribution in [0.1, 0.15) is 10.5 Å². The second-order valence-electron chi connectivity index (χ2n) is 7.92. The molecule has 1 saturated heterocycles. The molecular formula is C21H31N5O7. The van der Waals surface area contributed by atoms with Gasteiger partial charge in [-0.3, -0.25) is 43.8 Å². The van der Waals surface area contributed by atoms with E-state index in [9.17, 15) is 34.5 Å². The predicted molar refractivity (Wildman–Crippen MR) is 117 cm³/mol. The van der Waals surface area contributed by atoms with Crippen LogP contribution >= 0.6 is 0 Å². The Morgan fingerprint density at radius 1 is 0.636 bits per heavy atom. The molecule has 0 radical (unpaired) electrons. The van der Waals surface area contributed by atoms with Crippen LogP contribution in [0.4, 0.5) is 0 Å². The number of Topliss-reactive ketones (excluding diaryl/α,β-unsaturated/α-hetero) is 1. The lowest BCUT2D eigenvalue weighted by molar-refractivity contribution is -0.140. The SMILES string of the molecule is O=C(O)CN1CCN(CC(=O)O)CCN(CC(=O)c2ccccn2)CCN(CC(=O)O)CC1. The Kier molecular flexibility index (Phi) is 10.8. The molecule has 2 heterocycles. The van der Waals surface area contributed by atoms with Gasteiger partial charge in [0.1, 0.15) is 5.69 Å². The zero-order chi connectivity index (χ0) is 24.2. The largest absolute Gasteiger partial charge is 0.480 e. The van der Waals surface area contributed by atoms with Crippen molar-refractivity contribution >= 4 is 23.7 Å². The van der Waals surface area contributed by atoms with Crippen LogP contribution in [0.15, 0.2) is 24.4 Å². The standard InChI is InChI=1S/C21H31N5O7/c27-18(17-3-1-2-4-22-17)13-23-5-7-24(14-19(28)29)9-11-26(16-21(32)33)12-10-25(8-6-23)15-20(30)31/h1-4H,5-16H2,(H,28,29)(H,30,31)(H,32,33). The molecule has 1 aromatic heterocycles. The summed E-state index contributed by atoms with van der Waals surface area (Å²) in [6.07, 6.45) is 1.54. The first-order chi connectivity index (χ1) is 15.7. The number of hydrogen-bond acceptors (Lipinski definition) is 9. The van der Waals surface area contributed by atoms with Crippen molar-refractivity contribution in [2.45, 2.75) is 0 Å². The highest BCUT2D eigenvalue weighted by Crippen LogP contribution is 2.04. The summed E-state index contributed by atoms with van der Waals surface area (Å²) in [5, 5.41) is 27.7. The van der Waals surface area contributed by atoms with Gasteiger partial charge in [0.25, 0.3) is 0 Å². The van der Waals surface area contributed by atoms with Crippen molar-refractivity contribution in [3.05, 3.63) is 30.1 Å². The third kappa shape index (κ3) is 10.5. The van der Waals surface area contributed by atoms with Crippen molar-refractivity contribution in [3.63, 3.8) is 0 Å². The maximum Gasteiger partial charge on any atom is 0.317 e. The molecule has 1 aliphatic heterocycles. The fourth-order valence-electron chi connectivity index (χ4n) is 3.60. The lowest BCUT2D eigenvalue weighted by atomic mass is 10.2. The summed E-state index contributed by atoms with van der Waals surface area (Å²) in [5.41, 5.74) is 0.331. The van der Waals surface area contributed by atoms with Gasteiger partial charge in [-0.15, -0.1) is 0 Å². The summed E-state index contributed by atoms with van der Waals surface area (Å²) >= 11 is 0. The van der Waals surface area contributed by atoms with E-state index < -0.39 is 17.9 Å². The first-order valence-corrected chi connectivity index (χ1v) is 10.7. The molecule has 0 unspecified atom stereocenters. The highest BCUT2D eigenvalue weighted by molar-refractivity contribution is 5.95. The summed E-state index contributed by atoms with van der Waals surface area (Å²) in [5.74, 6) is -3.16. The van der Waals surface area contributed by atoms with Gasteiger partial charge in [0, 0.05) is 58.6 Å². The maximum atomic E-state index is 12.7. The lowest BCUT2D eigenvalue weighted by Crippen LogP contribution is -2.49. The van der Waals surface area contributed by atoms with E-state index in [-0.39, 0.29) is 32.0 Å². The van der Waals surface area contributed by atoms with Gasteiger partial charge in [-0.05, 0) is 12.1 Å². The predicted octanol–water partition coefficient (Wildman–Crippen LogP) is -1.26. The monoisotopic (exact) mass is 465 g/mol. The smallest absolute Gasteiger partial charge is 0.317 e. The molecule has 1 fully saturated rings. The molecule has 12 nitrogen and oxygen atoms in total. The van der Waals surface area contributed by atoms with Crippen LogP contribution in [0.25, 0.3) is 0 Å². The third-order valence-electron chi connectivity index (χ3n) is 5.32. The van der Waals surface area contributed by atoms with Gasteiger partial charge in [0.15, 0.2) is 5.78 Å². The van der Waals surface area contributed by atoms with Crippen molar-refractivity contribution in [1.29, 1.82) is 0 Å². The Balaban J connectivity index is 2.15. The average molecular weight is 466 g/mol. The topological polar surface area (TPSA) is 155 Å². The first-order valence-electron chi connectivity index (χ1n) is 10.7. The van der Waals surface area contributed by atoms with Gasteiger partial charge in [0.05, 0.1) is 26.2 Å². The summed E-state index contributed by atoms with van der Waals surface area (Å²) in [7, 11) is 0. The number of hydrogen-bond donors (Lipinski definition) is 3. The van der Waals surface area contributed by atoms with E-state index >= 15 is 0 Å². The van der Waals surface area contributed by atoms with E-state index in [1.54, 1.807) is 32.9 Å². The van der Waals surface area contributed by atoms with Crippen molar-refractivity contribution < 1.29 is 34.5 Å². The minimum Gasteiger partial charge on any atom is -0.480 e. The summed E-state index contributed by atoms with van der Waals surface area (Å²) < 4.78 is 0. The van der Waals surface area contributed by atoms with Crippen LogP contribution in [0.2, 0.25) is 0 Å². The highest BCUT2D eigenvalue weighted by atomic mass is 16.4. The number of pyridine rings is 1. The number of aliphatic carboxylic acids is 3. The van der Waals surface area contributed by atoms with Crippen molar-refractivity contribution in [2.24, 2.45) is 0 Å². The highest BCUT2D eigenvalue weighted by Gasteiger charge is 2.21. The van der Waals surface area contributed by atoms with Crippen LogP contribution < -0.4 is 0 Å². The fourth-order valence-corrected chi connectivity index (χ4v) is 3.60. The molecule has 1 aromatic rings. The number of carboxylic acid groups (broad SMARTS) is 3. The van der Waals surface area contributed by atoms with Gasteiger partial charge in [-0.1, -0.05) is 6.07 Å². The van der Waals surface area contributed by atoms with Crippen LogP contribution in [0.5, 0.6) is 0 Å². The summed E-state index contributed by atoms with van der Waals surface area (Å²) in [6, 6.07) is 5.07. The number of ketones is 1. The fraction of sp³-hybridized carbons (Fsp3) is 0.571. The molecule has 2 rings (SSSR count). The molecule has 33 heavy (non-hydrogen) atoms. The molecule has 0 amide bonds. The van der Waals surface area contributed by atoms with Gasteiger partial charge in [0.2, 0.25) is 0 Å². The Bertz CT molecular complexity index is 775. The van der Waals surface area contributed by atoms with Gasteiger partial charge in [-0.25, -0.2) is 0 Å². The maximum absolute atomic E-state index is 12.7. The second-order valence-corrected chi connectivity index (χ2v) is 7.92. The average Bonchev–Trinajstić information content (AvgIpc) is 2.75. The van der Waals surface area contributed by atoms with Crippen LogP contribution in [0.3, 0.4) is 0 Å². The van der Waals surface area contributed by atoms with E-state index in [0.29, 0.717) is 58.1 Å². The molecule has 3 N–H and O–H groups in total. The number of nitrogens with zero attached hydrogens (tertiary/aromatic N) is 5. The number of rotatable bonds is 9. The van der Waals surface area contributed by atoms with E-state index in [4.69, 9.17) is 0 Å². The lowest BCUT2D eigenvalue weighted by Gasteiger charge is -2.32. The molecule has 0 spiro atoms. The van der Waals surface area contributed by atoms with Crippen LogP contribution in [-0.2, 0) is 14.4 Å². The quantitative estimate of drug-likeness (QED) is 0.373. The molecule has 0 aromatic carbocycles. The Morgan fingerprint density at radius 3 is 1.30 bits per heavy atom. The normalized spacial score (nSPS) is 18.2. The van der Waals surface area contributed by atoms with Crippen molar-refractivity contribution in [1.82, 2.24) is 24.6 Å². The zero-order valence-electron chi connectivity index (χ0n) is 18.5. The number of carboxylic acids is 3. The third-order valence-corrected chi connectivity index (χ3v) is 5.32. The van der Waals surface area contributed by atoms with Crippen LogP contribution in [0, 0.1) is 0 Å². The van der Waals surface area contributed by atoms with E-state index in [1.807, 2.05) is 4.90 Å². The molecule has 182 valence electrons. The number of carbonyl (C=O) groups excluding carboxylic acids is 1. The second kappa shape index (κ2) is 13.6. The van der Waals surface area contributed by atoms with Gasteiger partial charge < -0.3 is 15.3 Å². The zero-order valence-corrected chi connectivity index (χ0v) is 18.5. The molecule has 1 aliphatic rings. The Hall–Kier alpha value is -2.93. The molecule has 0 atom stereocenters. The number of carbonyl (C=O) groups is 4. The van der Waals surface area contributed by atoms with E-state index in [0.717, 1.165) is 0 Å². The Labute approximate surface area is 192 Å². The van der Waals surface area contributed by atoms with Crippen LogP contribution in [-0.4, -0.2) is 142 Å². The summed E-state index contributed by atoms with van der Waals surface area (Å²) in [6.45, 7) is 2.29. The van der Waals surface area contributed by atoms with Crippen molar-refractivity contribution in [3.8, 4) is 0 Å².